The molecule has 0 saturated carbocycles. The number of methoxy groups -OCH3 is 3. The van der Waals surface area contributed by atoms with E-state index in [0.29, 0.717) is 65.4 Å². The minimum Gasteiger partial charge on any atom is -0.493 e. The highest BCUT2D eigenvalue weighted by atomic mass is 16.5. The van der Waals surface area contributed by atoms with E-state index in [1.807, 2.05) is 133 Å². The Morgan fingerprint density at radius 2 is 1.31 bits per heavy atom. The molecule has 3 heterocycles. The fraction of sp³-hybridized carbons (Fsp3) is 0.446. The fourth-order valence-electron chi connectivity index (χ4n) is 8.97. The van der Waals surface area contributed by atoms with Crippen molar-refractivity contribution < 1.29 is 52.5 Å². The molecule has 0 bridgehead atoms. The van der Waals surface area contributed by atoms with E-state index >= 15 is 0 Å². The lowest BCUT2D eigenvalue weighted by Gasteiger charge is -2.22. The molecule has 83 heavy (non-hydrogen) atoms. The number of ether oxygens (including phenoxy) is 5. The number of para-hydroxylation sites is 2. The maximum absolute atomic E-state index is 13.9. The third kappa shape index (κ3) is 21.0. The van der Waals surface area contributed by atoms with Gasteiger partial charge in [-0.2, -0.15) is 0 Å². The summed E-state index contributed by atoms with van der Waals surface area (Å²) in [6.07, 6.45) is 7.05. The van der Waals surface area contributed by atoms with Crippen molar-refractivity contribution in [2.75, 3.05) is 67.7 Å². The van der Waals surface area contributed by atoms with Gasteiger partial charge in [-0.1, -0.05) is 97.7 Å². The van der Waals surface area contributed by atoms with E-state index in [0.717, 1.165) is 78.6 Å². The lowest BCUT2D eigenvalue weighted by molar-refractivity contribution is -0.126. The number of benzene rings is 5. The SMILES string of the molecule is CC.CC.CC.CCCCCC(=O)N[C@@H](C)C=O.CNc1cc(OCc2cc(COc3cc4c(cc3OC)C(=O)N3c5ccccc5CC3CN4)cc(NC(=O)C(C)NC)c2)c(OC)cc1C.COC=O.C[C@@H]1Cc2ccccc2N1C=O. The Hall–Kier alpha value is -8.12. The molecule has 0 spiro atoms. The van der Waals surface area contributed by atoms with Crippen molar-refractivity contribution in [3.05, 3.63) is 124 Å². The first kappa shape index (κ1) is 71.0. The van der Waals surface area contributed by atoms with Gasteiger partial charge in [0.15, 0.2) is 23.0 Å². The maximum Gasteiger partial charge on any atom is 0.292 e. The number of aldehydes is 1. The third-order valence-corrected chi connectivity index (χ3v) is 13.1. The molecule has 8 rings (SSSR count). The highest BCUT2D eigenvalue weighted by Crippen LogP contribution is 2.41. The Morgan fingerprint density at radius 3 is 1.86 bits per heavy atom. The van der Waals surface area contributed by atoms with Crippen molar-refractivity contribution in [2.45, 2.75) is 152 Å². The average Bonchev–Trinajstić information content (AvgIpc) is 2.88. The molecule has 0 aromatic heterocycles. The number of hydrogen-bond acceptors (Lipinski definition) is 14. The zero-order chi connectivity index (χ0) is 62.0. The molecular weight excluding hydrogens is 1050 g/mol. The topological polar surface area (TPSA) is 215 Å². The van der Waals surface area contributed by atoms with E-state index in [2.05, 4.69) is 57.3 Å². The number of unbranched alkanes of at least 4 members (excludes halogenated alkanes) is 2. The number of carbonyl (C=O) groups excluding carboxylic acids is 6. The van der Waals surface area contributed by atoms with Crippen molar-refractivity contribution in [1.29, 1.82) is 0 Å². The van der Waals surface area contributed by atoms with Gasteiger partial charge in [-0.3, -0.25) is 24.0 Å². The summed E-state index contributed by atoms with van der Waals surface area (Å²) in [5, 5.41) is 15.2. The van der Waals surface area contributed by atoms with E-state index in [-0.39, 0.29) is 49.1 Å². The zero-order valence-corrected chi connectivity index (χ0v) is 52.0. The summed E-state index contributed by atoms with van der Waals surface area (Å²) in [5.74, 6) is 1.89. The van der Waals surface area contributed by atoms with Crippen LogP contribution in [0.1, 0.15) is 133 Å². The number of amides is 4. The van der Waals surface area contributed by atoms with Crippen LogP contribution in [-0.4, -0.2) is 103 Å². The summed E-state index contributed by atoms with van der Waals surface area (Å²) < 4.78 is 27.7. The molecule has 4 atom stereocenters. The molecule has 18 nitrogen and oxygen atoms in total. The second kappa shape index (κ2) is 38.6. The van der Waals surface area contributed by atoms with Crippen LogP contribution in [-0.2, 0) is 54.8 Å². The fourth-order valence-corrected chi connectivity index (χ4v) is 8.97. The molecule has 0 aliphatic carbocycles. The number of rotatable bonds is 20. The van der Waals surface area contributed by atoms with E-state index in [4.69, 9.17) is 23.7 Å². The quantitative estimate of drug-likeness (QED) is 0.0362. The van der Waals surface area contributed by atoms with Gasteiger partial charge in [-0.05, 0) is 124 Å². The highest BCUT2D eigenvalue weighted by molar-refractivity contribution is 6.12. The van der Waals surface area contributed by atoms with Gasteiger partial charge >= 0.3 is 0 Å². The first-order chi connectivity index (χ1) is 40.2. The molecule has 454 valence electrons. The Kier molecular flexibility index (Phi) is 33.0. The maximum atomic E-state index is 13.9. The third-order valence-electron chi connectivity index (χ3n) is 13.1. The molecular formula is C65H93N7O11. The Balaban J connectivity index is 0.000000560. The second-order valence-electron chi connectivity index (χ2n) is 18.8. The predicted octanol–water partition coefficient (Wildman–Crippen LogP) is 11.5. The number of hydrogen-bond donors (Lipinski definition) is 5. The summed E-state index contributed by atoms with van der Waals surface area (Å²) in [6.45, 7) is 23.0. The van der Waals surface area contributed by atoms with Gasteiger partial charge in [-0.15, -0.1) is 0 Å². The van der Waals surface area contributed by atoms with Crippen molar-refractivity contribution in [1.82, 2.24) is 10.6 Å². The first-order valence-electron chi connectivity index (χ1n) is 28.8. The van der Waals surface area contributed by atoms with Crippen LogP contribution in [0.15, 0.2) is 91.0 Å². The summed E-state index contributed by atoms with van der Waals surface area (Å²) >= 11 is 0. The van der Waals surface area contributed by atoms with E-state index in [9.17, 15) is 24.0 Å². The molecule has 18 heteroatoms. The van der Waals surface area contributed by atoms with Gasteiger partial charge in [0.25, 0.3) is 12.4 Å². The van der Waals surface area contributed by atoms with Crippen molar-refractivity contribution >= 4 is 65.3 Å². The minimum absolute atomic E-state index is 0.0154. The van der Waals surface area contributed by atoms with Gasteiger partial charge in [0.2, 0.25) is 18.2 Å². The first-order valence-corrected chi connectivity index (χ1v) is 28.8. The predicted molar refractivity (Wildman–Crippen MR) is 335 cm³/mol. The summed E-state index contributed by atoms with van der Waals surface area (Å²) in [4.78, 5) is 71.2. The van der Waals surface area contributed by atoms with Gasteiger partial charge in [-0.25, -0.2) is 0 Å². The van der Waals surface area contributed by atoms with Gasteiger partial charge in [0.1, 0.15) is 19.5 Å². The molecule has 5 aromatic rings. The summed E-state index contributed by atoms with van der Waals surface area (Å²) in [7, 11) is 8.08. The van der Waals surface area contributed by atoms with Crippen LogP contribution < -0.4 is 55.3 Å². The lowest BCUT2D eigenvalue weighted by atomic mass is 10.1. The van der Waals surface area contributed by atoms with Crippen LogP contribution in [0.5, 0.6) is 23.0 Å². The monoisotopic (exact) mass is 1150 g/mol. The van der Waals surface area contributed by atoms with Gasteiger partial charge in [0, 0.05) is 60.9 Å². The van der Waals surface area contributed by atoms with Crippen molar-refractivity contribution in [3.63, 3.8) is 0 Å². The number of carbonyl (C=O) groups is 6. The van der Waals surface area contributed by atoms with Crippen LogP contribution in [0.2, 0.25) is 0 Å². The molecule has 4 amide bonds. The number of likely N-dealkylation sites (N-methyl/N-ethyl adjacent to an activating group) is 1. The Bertz CT molecular complexity index is 2810. The van der Waals surface area contributed by atoms with Crippen LogP contribution in [0.3, 0.4) is 0 Å². The van der Waals surface area contributed by atoms with Gasteiger partial charge < -0.3 is 64.9 Å². The average molecular weight is 1150 g/mol. The minimum atomic E-state index is -0.389. The van der Waals surface area contributed by atoms with Crippen LogP contribution in [0, 0.1) is 6.92 Å². The Labute approximate surface area is 493 Å². The molecule has 3 aliphatic rings. The summed E-state index contributed by atoms with van der Waals surface area (Å²) in [5.41, 5.74) is 9.89. The summed E-state index contributed by atoms with van der Waals surface area (Å²) in [6, 6.07) is 28.8. The normalized spacial score (nSPS) is 14.2. The Morgan fingerprint density at radius 1 is 0.747 bits per heavy atom. The molecule has 5 aromatic carbocycles. The van der Waals surface area contributed by atoms with Crippen LogP contribution in [0.4, 0.5) is 28.4 Å². The highest BCUT2D eigenvalue weighted by Gasteiger charge is 2.38. The smallest absolute Gasteiger partial charge is 0.292 e. The number of nitrogens with zero attached hydrogens (tertiary/aromatic N) is 2. The molecule has 5 N–H and O–H groups in total. The van der Waals surface area contributed by atoms with E-state index in [1.54, 1.807) is 46.1 Å². The number of fused-ring (bicyclic) bond motifs is 5. The molecule has 0 saturated heterocycles. The number of aryl methyl sites for hydroxylation is 1. The van der Waals surface area contributed by atoms with E-state index < -0.39 is 0 Å². The van der Waals surface area contributed by atoms with Crippen LogP contribution in [0.25, 0.3) is 0 Å². The number of nitrogens with one attached hydrogen (secondary N) is 5. The zero-order valence-electron chi connectivity index (χ0n) is 52.0. The molecule has 3 aliphatic heterocycles. The second-order valence-corrected chi connectivity index (χ2v) is 18.8. The molecule has 0 radical (unpaired) electrons. The molecule has 0 fully saturated rings. The number of anilines is 5. The molecule has 2 unspecified atom stereocenters. The van der Waals surface area contributed by atoms with Crippen molar-refractivity contribution in [2.24, 2.45) is 0 Å². The van der Waals surface area contributed by atoms with Crippen LogP contribution >= 0.6 is 0 Å². The lowest BCUT2D eigenvalue weighted by Crippen LogP contribution is -2.39. The standard InChI is InChI=1S/C38H43N5O6.C10H11NO.C9H17NO2.C2H4O2.3C2H6/c1-22-11-33(46-5)35(17-30(22)40-4)48-20-24-12-25(14-27(13-24)42-37(44)23(2)39-3)21-49-36-18-31-29(16-34(36)47-6)38(45)43-28(19-41-31)15-26-9-7-8-10-32(26)43;1-8-6-9-4-2-3-5-10(9)11(8)7-12;1-3-4-5-6-9(12)10-8(2)7-11;1-4-2-3;3*1-2/h7-14,16-18,23,28,39-41H,15,19-21H2,1-6H3,(H,42,44);2-5,7-8H,6H2,1H3;7-8H,3-6H2,1-2H3,(H,10,12);2H,1H3;3*1-2H3/t;2*8-;;;;/m.10..../s1. The van der Waals surface area contributed by atoms with Gasteiger partial charge in [0.05, 0.1) is 50.7 Å². The van der Waals surface area contributed by atoms with Crippen molar-refractivity contribution in [3.8, 4) is 23.0 Å². The van der Waals surface area contributed by atoms with E-state index in [1.165, 1.54) is 18.2 Å². The largest absolute Gasteiger partial charge is 0.493 e.